The van der Waals surface area contributed by atoms with Crippen LogP contribution in [0.4, 0.5) is 0 Å². The number of hydrogen-bond donors (Lipinski definition) is 0. The fourth-order valence-corrected chi connectivity index (χ4v) is 1.13. The highest BCUT2D eigenvalue weighted by atomic mass is 14.3. The molecule has 3 nitrogen and oxygen atoms in total. The lowest BCUT2D eigenvalue weighted by atomic mass is 9.91. The Labute approximate surface area is 79.2 Å². The van der Waals surface area contributed by atoms with Crippen molar-refractivity contribution in [3.8, 4) is 18.2 Å². The Morgan fingerprint density at radius 3 is 2.08 bits per heavy atom. The van der Waals surface area contributed by atoms with Crippen LogP contribution in [0, 0.1) is 45.8 Å². The minimum atomic E-state index is -0.135. The molecule has 0 saturated carbocycles. The summed E-state index contributed by atoms with van der Waals surface area (Å²) in [4.78, 5) is 0. The normalized spacial score (nSPS) is 13.4. The van der Waals surface area contributed by atoms with Gasteiger partial charge in [0.2, 0.25) is 0 Å². The van der Waals surface area contributed by atoms with E-state index < -0.39 is 0 Å². The van der Waals surface area contributed by atoms with E-state index >= 15 is 0 Å². The third-order valence-corrected chi connectivity index (χ3v) is 2.03. The van der Waals surface area contributed by atoms with Gasteiger partial charge in [-0.1, -0.05) is 6.92 Å². The van der Waals surface area contributed by atoms with Gasteiger partial charge in [0.05, 0.1) is 18.2 Å². The van der Waals surface area contributed by atoms with Crippen LogP contribution in [-0.2, 0) is 0 Å². The van der Waals surface area contributed by atoms with E-state index in [1.165, 1.54) is 0 Å². The summed E-state index contributed by atoms with van der Waals surface area (Å²) in [6.07, 6.45) is 2.37. The first-order valence-corrected chi connectivity index (χ1v) is 4.44. The van der Waals surface area contributed by atoms with Gasteiger partial charge < -0.3 is 0 Å². The Balaban J connectivity index is 3.93. The standard InChI is InChI=1S/C10H13N3/c1-2-9(7-12)6-10(8-13)4-3-5-11/h9-10H,2-4,6H2,1H3. The second-order valence-corrected chi connectivity index (χ2v) is 2.99. The topological polar surface area (TPSA) is 71.4 Å². The Hall–Kier alpha value is -1.53. The number of hydrogen-bond acceptors (Lipinski definition) is 3. The van der Waals surface area contributed by atoms with E-state index in [1.54, 1.807) is 0 Å². The summed E-state index contributed by atoms with van der Waals surface area (Å²) in [6.45, 7) is 1.94. The van der Waals surface area contributed by atoms with Crippen LogP contribution in [0.1, 0.15) is 32.6 Å². The lowest BCUT2D eigenvalue weighted by Crippen LogP contribution is -2.05. The minimum Gasteiger partial charge on any atom is -0.198 e. The largest absolute Gasteiger partial charge is 0.198 e. The highest BCUT2D eigenvalue weighted by molar-refractivity contribution is 4.92. The van der Waals surface area contributed by atoms with Crippen LogP contribution in [0.2, 0.25) is 0 Å². The van der Waals surface area contributed by atoms with E-state index in [9.17, 15) is 0 Å². The number of nitrogens with zero attached hydrogens (tertiary/aromatic N) is 3. The second kappa shape index (κ2) is 7.14. The quantitative estimate of drug-likeness (QED) is 0.643. The second-order valence-electron chi connectivity index (χ2n) is 2.99. The van der Waals surface area contributed by atoms with E-state index in [1.807, 2.05) is 13.0 Å². The molecule has 0 aromatic carbocycles. The van der Waals surface area contributed by atoms with E-state index in [-0.39, 0.29) is 11.8 Å². The van der Waals surface area contributed by atoms with Crippen LogP contribution in [0.15, 0.2) is 0 Å². The van der Waals surface area contributed by atoms with Gasteiger partial charge in [-0.25, -0.2) is 0 Å². The van der Waals surface area contributed by atoms with E-state index in [0.717, 1.165) is 6.42 Å². The summed E-state index contributed by atoms with van der Waals surface area (Å²) < 4.78 is 0. The van der Waals surface area contributed by atoms with Crippen LogP contribution in [0.3, 0.4) is 0 Å². The Kier molecular flexibility index (Phi) is 6.30. The molecule has 13 heavy (non-hydrogen) atoms. The van der Waals surface area contributed by atoms with Crippen molar-refractivity contribution in [3.05, 3.63) is 0 Å². The van der Waals surface area contributed by atoms with Crippen LogP contribution >= 0.6 is 0 Å². The molecule has 0 aromatic rings. The highest BCUT2D eigenvalue weighted by Gasteiger charge is 2.13. The molecular formula is C10H13N3. The fourth-order valence-electron chi connectivity index (χ4n) is 1.13. The molecule has 0 radical (unpaired) electrons. The lowest BCUT2D eigenvalue weighted by Gasteiger charge is -2.09. The van der Waals surface area contributed by atoms with Gasteiger partial charge in [-0.15, -0.1) is 0 Å². The molecule has 0 aliphatic rings. The predicted octanol–water partition coefficient (Wildman–Crippen LogP) is 2.37. The van der Waals surface area contributed by atoms with Crippen molar-refractivity contribution in [1.29, 1.82) is 15.8 Å². The van der Waals surface area contributed by atoms with E-state index in [2.05, 4.69) is 12.1 Å². The van der Waals surface area contributed by atoms with Crippen molar-refractivity contribution in [3.63, 3.8) is 0 Å². The monoisotopic (exact) mass is 175 g/mol. The number of rotatable bonds is 5. The van der Waals surface area contributed by atoms with Crippen LogP contribution < -0.4 is 0 Å². The molecule has 2 atom stereocenters. The molecule has 0 bridgehead atoms. The molecule has 0 fully saturated rings. The molecule has 0 spiro atoms. The first-order valence-electron chi connectivity index (χ1n) is 4.44. The van der Waals surface area contributed by atoms with Crippen LogP contribution in [0.5, 0.6) is 0 Å². The Morgan fingerprint density at radius 2 is 1.69 bits per heavy atom. The van der Waals surface area contributed by atoms with Crippen LogP contribution in [-0.4, -0.2) is 0 Å². The molecule has 0 N–H and O–H groups in total. The van der Waals surface area contributed by atoms with Crippen molar-refractivity contribution in [2.24, 2.45) is 11.8 Å². The summed E-state index contributed by atoms with van der Waals surface area (Å²) in [5.41, 5.74) is 0. The van der Waals surface area contributed by atoms with Gasteiger partial charge in [-0.05, 0) is 19.3 Å². The average molecular weight is 175 g/mol. The first-order chi connectivity index (χ1) is 6.28. The maximum Gasteiger partial charge on any atom is 0.0656 e. The van der Waals surface area contributed by atoms with E-state index in [4.69, 9.17) is 15.8 Å². The number of nitriles is 3. The van der Waals surface area contributed by atoms with Gasteiger partial charge >= 0.3 is 0 Å². The molecule has 0 aliphatic carbocycles. The smallest absolute Gasteiger partial charge is 0.0656 e. The third kappa shape index (κ3) is 4.83. The molecule has 0 aromatic heterocycles. The van der Waals surface area contributed by atoms with Gasteiger partial charge in [-0.3, -0.25) is 0 Å². The molecule has 2 unspecified atom stereocenters. The summed E-state index contributed by atoms with van der Waals surface area (Å²) in [6, 6.07) is 6.30. The maximum absolute atomic E-state index is 8.72. The van der Waals surface area contributed by atoms with Crippen molar-refractivity contribution in [2.75, 3.05) is 0 Å². The molecule has 0 heterocycles. The summed E-state index contributed by atoms with van der Waals surface area (Å²) >= 11 is 0. The van der Waals surface area contributed by atoms with Crippen molar-refractivity contribution in [1.82, 2.24) is 0 Å². The zero-order valence-corrected chi connectivity index (χ0v) is 7.82. The minimum absolute atomic E-state index is 0.0386. The molecule has 0 rings (SSSR count). The van der Waals surface area contributed by atoms with Gasteiger partial charge in [0.15, 0.2) is 0 Å². The fraction of sp³-hybridized carbons (Fsp3) is 0.700. The van der Waals surface area contributed by atoms with Gasteiger partial charge in [-0.2, -0.15) is 15.8 Å². The molecule has 0 aliphatic heterocycles. The Morgan fingerprint density at radius 1 is 1.08 bits per heavy atom. The predicted molar refractivity (Wildman–Crippen MR) is 48.0 cm³/mol. The molecule has 0 amide bonds. The van der Waals surface area contributed by atoms with Crippen molar-refractivity contribution in [2.45, 2.75) is 32.6 Å². The molecule has 3 heteroatoms. The Bertz CT molecular complexity index is 251. The lowest BCUT2D eigenvalue weighted by molar-refractivity contribution is 0.468. The van der Waals surface area contributed by atoms with Crippen LogP contribution in [0.25, 0.3) is 0 Å². The van der Waals surface area contributed by atoms with E-state index in [0.29, 0.717) is 19.3 Å². The van der Waals surface area contributed by atoms with Gasteiger partial charge in [0, 0.05) is 18.3 Å². The van der Waals surface area contributed by atoms with Gasteiger partial charge in [0.1, 0.15) is 0 Å². The molecule has 0 saturated heterocycles. The maximum atomic E-state index is 8.72. The highest BCUT2D eigenvalue weighted by Crippen LogP contribution is 2.18. The summed E-state index contributed by atoms with van der Waals surface area (Å²) in [5, 5.41) is 25.7. The zero-order chi connectivity index (χ0) is 10.1. The molecular weight excluding hydrogens is 162 g/mol. The van der Waals surface area contributed by atoms with Crippen molar-refractivity contribution >= 4 is 0 Å². The summed E-state index contributed by atoms with van der Waals surface area (Å²) in [7, 11) is 0. The molecule has 68 valence electrons. The van der Waals surface area contributed by atoms with Crippen molar-refractivity contribution < 1.29 is 0 Å². The zero-order valence-electron chi connectivity index (χ0n) is 7.82. The SMILES string of the molecule is CCC(C#N)CC(C#N)CCC#N. The summed E-state index contributed by atoms with van der Waals surface area (Å²) in [5.74, 6) is -0.174. The van der Waals surface area contributed by atoms with Gasteiger partial charge in [0.25, 0.3) is 0 Å². The average Bonchev–Trinajstić information content (AvgIpc) is 2.19. The third-order valence-electron chi connectivity index (χ3n) is 2.03. The first kappa shape index (κ1) is 11.5.